The Morgan fingerprint density at radius 3 is 2.37 bits per heavy atom. The van der Waals surface area contributed by atoms with Gasteiger partial charge in [-0.2, -0.15) is 0 Å². The maximum absolute atomic E-state index is 11.6. The summed E-state index contributed by atoms with van der Waals surface area (Å²) in [6.45, 7) is 4.96. The van der Waals surface area contributed by atoms with E-state index in [1.165, 1.54) is 7.11 Å². The first kappa shape index (κ1) is 17.7. The maximum Gasteiger partial charge on any atom is 0.328 e. The number of ether oxygens (including phenoxy) is 2. The monoisotopic (exact) mass is 276 g/mol. The zero-order valence-corrected chi connectivity index (χ0v) is 12.0. The Kier molecular flexibility index (Phi) is 8.09. The van der Waals surface area contributed by atoms with Gasteiger partial charge in [-0.05, 0) is 11.8 Å². The van der Waals surface area contributed by atoms with Gasteiger partial charge in [0.05, 0.1) is 6.61 Å². The number of methoxy groups -OCH3 is 2. The molecule has 112 valence electrons. The van der Waals surface area contributed by atoms with Crippen molar-refractivity contribution in [2.75, 3.05) is 34.0 Å². The molecular formula is C12H24N2O5. The number of carboxylic acid groups (broad SMARTS) is 1. The van der Waals surface area contributed by atoms with Gasteiger partial charge in [-0.25, -0.2) is 9.59 Å². The Hall–Kier alpha value is -1.34. The first-order valence-electron chi connectivity index (χ1n) is 6.07. The van der Waals surface area contributed by atoms with Crippen LogP contribution in [0.3, 0.4) is 0 Å². The van der Waals surface area contributed by atoms with E-state index in [4.69, 9.17) is 14.6 Å². The van der Waals surface area contributed by atoms with Crippen LogP contribution in [-0.4, -0.2) is 57.1 Å². The van der Waals surface area contributed by atoms with Gasteiger partial charge in [0.1, 0.15) is 0 Å². The average Bonchev–Trinajstić information content (AvgIpc) is 2.33. The van der Waals surface area contributed by atoms with Crippen molar-refractivity contribution in [3.05, 3.63) is 0 Å². The zero-order valence-electron chi connectivity index (χ0n) is 12.0. The van der Waals surface area contributed by atoms with Crippen molar-refractivity contribution in [2.45, 2.75) is 26.3 Å². The van der Waals surface area contributed by atoms with E-state index in [9.17, 15) is 9.59 Å². The van der Waals surface area contributed by atoms with Gasteiger partial charge in [0.15, 0.2) is 6.04 Å². The van der Waals surface area contributed by atoms with Crippen molar-refractivity contribution in [2.24, 2.45) is 5.41 Å². The van der Waals surface area contributed by atoms with E-state index in [1.807, 2.05) is 13.8 Å². The molecule has 0 heterocycles. The Balaban J connectivity index is 4.12. The highest BCUT2D eigenvalue weighted by Gasteiger charge is 2.22. The summed E-state index contributed by atoms with van der Waals surface area (Å²) in [5.74, 6) is -1.13. The van der Waals surface area contributed by atoms with Crippen molar-refractivity contribution < 1.29 is 24.2 Å². The number of carboxylic acids is 1. The van der Waals surface area contributed by atoms with Crippen LogP contribution >= 0.6 is 0 Å². The smallest absolute Gasteiger partial charge is 0.328 e. The second kappa shape index (κ2) is 8.71. The number of hydrogen-bond acceptors (Lipinski definition) is 4. The van der Waals surface area contributed by atoms with Crippen molar-refractivity contribution in [3.63, 3.8) is 0 Å². The van der Waals surface area contributed by atoms with Crippen LogP contribution in [0.25, 0.3) is 0 Å². The summed E-state index contributed by atoms with van der Waals surface area (Å²) in [7, 11) is 3.00. The summed E-state index contributed by atoms with van der Waals surface area (Å²) in [5.41, 5.74) is -0.118. The molecule has 0 radical (unpaired) electrons. The Bertz CT molecular complexity index is 294. The lowest BCUT2D eigenvalue weighted by atomic mass is 9.90. The van der Waals surface area contributed by atoms with Gasteiger partial charge in [0.25, 0.3) is 0 Å². The van der Waals surface area contributed by atoms with E-state index < -0.39 is 18.0 Å². The molecule has 0 saturated heterocycles. The predicted molar refractivity (Wildman–Crippen MR) is 70.1 cm³/mol. The minimum atomic E-state index is -1.13. The highest BCUT2D eigenvalue weighted by molar-refractivity contribution is 5.82. The Morgan fingerprint density at radius 1 is 1.26 bits per heavy atom. The van der Waals surface area contributed by atoms with Gasteiger partial charge in [0.2, 0.25) is 0 Å². The van der Waals surface area contributed by atoms with E-state index in [2.05, 4.69) is 10.6 Å². The third-order valence-corrected chi connectivity index (χ3v) is 2.65. The van der Waals surface area contributed by atoms with E-state index in [-0.39, 0.29) is 12.0 Å². The van der Waals surface area contributed by atoms with Crippen LogP contribution in [0.5, 0.6) is 0 Å². The molecule has 0 aliphatic carbocycles. The molecule has 0 saturated carbocycles. The van der Waals surface area contributed by atoms with Crippen molar-refractivity contribution in [1.29, 1.82) is 0 Å². The molecule has 0 rings (SSSR count). The molecule has 1 atom stereocenters. The number of aliphatic carboxylic acids is 1. The second-order valence-electron chi connectivity index (χ2n) is 5.08. The summed E-state index contributed by atoms with van der Waals surface area (Å²) in [4.78, 5) is 22.4. The van der Waals surface area contributed by atoms with Gasteiger partial charge in [0, 0.05) is 27.4 Å². The van der Waals surface area contributed by atoms with Crippen molar-refractivity contribution >= 4 is 12.0 Å². The molecule has 0 fully saturated rings. The Morgan fingerprint density at radius 2 is 1.89 bits per heavy atom. The van der Waals surface area contributed by atoms with Crippen molar-refractivity contribution in [3.8, 4) is 0 Å². The molecule has 0 aromatic rings. The molecule has 0 aliphatic rings. The normalized spacial score (nSPS) is 12.8. The SMILES string of the molecule is COCCC(C)(C)CNC(=O)NC(COC)C(=O)O. The van der Waals surface area contributed by atoms with Gasteiger partial charge in [-0.15, -0.1) is 0 Å². The highest BCUT2D eigenvalue weighted by atomic mass is 16.5. The molecule has 3 N–H and O–H groups in total. The number of nitrogens with one attached hydrogen (secondary N) is 2. The van der Waals surface area contributed by atoms with Gasteiger partial charge in [-0.3, -0.25) is 0 Å². The van der Waals surface area contributed by atoms with Crippen LogP contribution < -0.4 is 10.6 Å². The molecule has 0 bridgehead atoms. The van der Waals surface area contributed by atoms with Crippen LogP contribution in [-0.2, 0) is 14.3 Å². The molecule has 7 heteroatoms. The molecule has 7 nitrogen and oxygen atoms in total. The number of urea groups is 1. The number of carbonyl (C=O) groups excluding carboxylic acids is 1. The molecule has 19 heavy (non-hydrogen) atoms. The average molecular weight is 276 g/mol. The number of hydrogen-bond donors (Lipinski definition) is 3. The predicted octanol–water partition coefficient (Wildman–Crippen LogP) is 0.448. The first-order chi connectivity index (χ1) is 8.82. The fourth-order valence-corrected chi connectivity index (χ4v) is 1.34. The molecule has 0 aromatic heterocycles. The molecule has 1 unspecified atom stereocenters. The summed E-state index contributed by atoms with van der Waals surface area (Å²) < 4.78 is 9.71. The standard InChI is InChI=1S/C12H24N2O5/c1-12(2,5-6-18-3)8-13-11(17)14-9(7-19-4)10(15)16/h9H,5-8H2,1-4H3,(H,15,16)(H2,13,14,17). The quantitative estimate of drug-likeness (QED) is 0.568. The lowest BCUT2D eigenvalue weighted by Crippen LogP contribution is -2.49. The maximum atomic E-state index is 11.6. The van der Waals surface area contributed by atoms with Crippen LogP contribution in [0.2, 0.25) is 0 Å². The third kappa shape index (κ3) is 8.39. The number of carbonyl (C=O) groups is 2. The van der Waals surface area contributed by atoms with Crippen LogP contribution in [0, 0.1) is 5.41 Å². The lowest BCUT2D eigenvalue weighted by molar-refractivity contribution is -0.140. The fourth-order valence-electron chi connectivity index (χ4n) is 1.34. The third-order valence-electron chi connectivity index (χ3n) is 2.65. The van der Waals surface area contributed by atoms with Crippen LogP contribution in [0.1, 0.15) is 20.3 Å². The lowest BCUT2D eigenvalue weighted by Gasteiger charge is -2.25. The molecular weight excluding hydrogens is 252 g/mol. The van der Waals surface area contributed by atoms with E-state index in [0.717, 1.165) is 6.42 Å². The fraction of sp³-hybridized carbons (Fsp3) is 0.833. The highest BCUT2D eigenvalue weighted by Crippen LogP contribution is 2.18. The molecule has 0 aromatic carbocycles. The van der Waals surface area contributed by atoms with Gasteiger partial charge >= 0.3 is 12.0 Å². The van der Waals surface area contributed by atoms with Crippen LogP contribution in [0.15, 0.2) is 0 Å². The van der Waals surface area contributed by atoms with Gasteiger partial charge < -0.3 is 25.2 Å². The molecule has 0 spiro atoms. The summed E-state index contributed by atoms with van der Waals surface area (Å²) in [6, 6.07) is -1.57. The largest absolute Gasteiger partial charge is 0.480 e. The summed E-state index contributed by atoms with van der Waals surface area (Å²) in [5, 5.41) is 13.8. The van der Waals surface area contributed by atoms with Crippen LogP contribution in [0.4, 0.5) is 4.79 Å². The van der Waals surface area contributed by atoms with E-state index in [0.29, 0.717) is 13.2 Å². The first-order valence-corrected chi connectivity index (χ1v) is 6.07. The molecule has 0 aliphatic heterocycles. The Labute approximate surface area is 113 Å². The van der Waals surface area contributed by atoms with Crippen molar-refractivity contribution in [1.82, 2.24) is 10.6 Å². The minimum absolute atomic E-state index is 0.0736. The molecule has 2 amide bonds. The van der Waals surface area contributed by atoms with Gasteiger partial charge in [-0.1, -0.05) is 13.8 Å². The zero-order chi connectivity index (χ0) is 14.9. The number of rotatable bonds is 9. The van der Waals surface area contributed by atoms with E-state index >= 15 is 0 Å². The topological polar surface area (TPSA) is 96.9 Å². The minimum Gasteiger partial charge on any atom is -0.480 e. The second-order valence-corrected chi connectivity index (χ2v) is 5.08. The summed E-state index contributed by atoms with van der Waals surface area (Å²) >= 11 is 0. The summed E-state index contributed by atoms with van der Waals surface area (Å²) in [6.07, 6.45) is 0.796. The number of amides is 2. The van der Waals surface area contributed by atoms with E-state index in [1.54, 1.807) is 7.11 Å².